The molecule has 8 heteroatoms. The Hall–Kier alpha value is -3.00. The number of nitrogens with zero attached hydrogens (tertiary/aromatic N) is 2. The van der Waals surface area contributed by atoms with Gasteiger partial charge in [-0.15, -0.1) is 0 Å². The van der Waals surface area contributed by atoms with Crippen LogP contribution in [0.2, 0.25) is 0 Å². The topological polar surface area (TPSA) is 94.2 Å². The quantitative estimate of drug-likeness (QED) is 0.806. The van der Waals surface area contributed by atoms with Gasteiger partial charge in [0.15, 0.2) is 5.17 Å². The second-order valence-corrected chi connectivity index (χ2v) is 7.30. The number of methoxy groups -OCH3 is 2. The molecular weight excluding hydrogens is 378 g/mol. The zero-order valence-corrected chi connectivity index (χ0v) is 16.4. The zero-order chi connectivity index (χ0) is 20.1. The van der Waals surface area contributed by atoms with E-state index in [4.69, 9.17) is 15.2 Å². The highest BCUT2D eigenvalue weighted by molar-refractivity contribution is 8.15. The Morgan fingerprint density at radius 1 is 1.11 bits per heavy atom. The van der Waals surface area contributed by atoms with E-state index in [-0.39, 0.29) is 12.3 Å². The van der Waals surface area contributed by atoms with Gasteiger partial charge in [-0.25, -0.2) is 4.99 Å². The number of amides is 2. The molecule has 0 aromatic heterocycles. The smallest absolute Gasteiger partial charge is 0.231 e. The average Bonchev–Trinajstić information content (AvgIpc) is 2.71. The summed E-state index contributed by atoms with van der Waals surface area (Å²) in [7, 11) is 3.19. The van der Waals surface area contributed by atoms with Crippen molar-refractivity contribution < 1.29 is 19.1 Å². The number of amidine groups is 1. The Morgan fingerprint density at radius 3 is 2.21 bits per heavy atom. The summed E-state index contributed by atoms with van der Waals surface area (Å²) in [6.07, 6.45) is 0.0534. The van der Waals surface area contributed by atoms with Gasteiger partial charge in [0.25, 0.3) is 0 Å². The molecule has 0 radical (unpaired) electrons. The molecule has 1 unspecified atom stereocenters. The molecule has 1 aliphatic rings. The summed E-state index contributed by atoms with van der Waals surface area (Å²) in [5.74, 6) is 0.737. The summed E-state index contributed by atoms with van der Waals surface area (Å²) in [5, 5.41) is -0.183. The number of primary amides is 1. The highest BCUT2D eigenvalue weighted by atomic mass is 32.2. The van der Waals surface area contributed by atoms with Crippen LogP contribution in [0.4, 0.5) is 5.69 Å². The molecular formula is C20H21N3O4S. The molecule has 0 spiro atoms. The molecule has 2 aromatic carbocycles. The van der Waals surface area contributed by atoms with Gasteiger partial charge in [-0.05, 0) is 42.0 Å². The second-order valence-electron chi connectivity index (χ2n) is 6.13. The molecule has 7 nitrogen and oxygen atoms in total. The molecule has 0 bridgehead atoms. The van der Waals surface area contributed by atoms with E-state index in [0.717, 1.165) is 11.3 Å². The molecule has 2 N–H and O–H groups in total. The first-order chi connectivity index (χ1) is 13.5. The van der Waals surface area contributed by atoms with Gasteiger partial charge in [-0.1, -0.05) is 23.9 Å². The molecule has 0 saturated carbocycles. The van der Waals surface area contributed by atoms with Crippen LogP contribution in [0.3, 0.4) is 0 Å². The van der Waals surface area contributed by atoms with Gasteiger partial charge in [0.05, 0.1) is 31.7 Å². The highest BCUT2D eigenvalue weighted by Gasteiger charge is 2.34. The van der Waals surface area contributed by atoms with E-state index in [1.54, 1.807) is 43.4 Å². The van der Waals surface area contributed by atoms with Crippen LogP contribution in [0.15, 0.2) is 53.5 Å². The number of hydrogen-bond acceptors (Lipinski definition) is 6. The molecule has 2 amide bonds. The molecule has 1 atom stereocenters. The molecule has 28 heavy (non-hydrogen) atoms. The number of hydrogen-bond donors (Lipinski definition) is 1. The number of thioether (sulfide) groups is 1. The normalized spacial score (nSPS) is 18.2. The van der Waals surface area contributed by atoms with Crippen molar-refractivity contribution in [3.63, 3.8) is 0 Å². The largest absolute Gasteiger partial charge is 0.497 e. The number of ether oxygens (including phenoxy) is 2. The van der Waals surface area contributed by atoms with Gasteiger partial charge in [-0.3, -0.25) is 14.5 Å². The summed E-state index contributed by atoms with van der Waals surface area (Å²) in [6.45, 7) is 0.344. The monoisotopic (exact) mass is 399 g/mol. The standard InChI is InChI=1S/C20H21N3O4S/c1-26-15-7-3-13(4-8-15)12-23-18(24)11-17(19(21)25)28-20(23)22-14-5-9-16(27-2)10-6-14/h3-10,17H,11-12H2,1-2H3,(H2,21,25). The lowest BCUT2D eigenvalue weighted by Crippen LogP contribution is -2.45. The van der Waals surface area contributed by atoms with E-state index in [9.17, 15) is 9.59 Å². The van der Waals surface area contributed by atoms with Gasteiger partial charge in [0, 0.05) is 6.42 Å². The molecule has 146 valence electrons. The maximum absolute atomic E-state index is 12.7. The number of carbonyl (C=O) groups is 2. The third-order valence-electron chi connectivity index (χ3n) is 4.25. The van der Waals surface area contributed by atoms with E-state index < -0.39 is 11.2 Å². The summed E-state index contributed by atoms with van der Waals surface area (Å²) in [6, 6.07) is 14.6. The van der Waals surface area contributed by atoms with Crippen LogP contribution >= 0.6 is 11.8 Å². The fourth-order valence-electron chi connectivity index (χ4n) is 2.69. The van der Waals surface area contributed by atoms with Crippen LogP contribution in [0.5, 0.6) is 11.5 Å². The summed E-state index contributed by atoms with van der Waals surface area (Å²) in [4.78, 5) is 30.5. The van der Waals surface area contributed by atoms with Crippen LogP contribution in [0, 0.1) is 0 Å². The van der Waals surface area contributed by atoms with Crippen LogP contribution in [-0.4, -0.2) is 41.4 Å². The van der Waals surface area contributed by atoms with E-state index in [2.05, 4.69) is 4.99 Å². The van der Waals surface area contributed by atoms with E-state index in [1.807, 2.05) is 24.3 Å². The minimum atomic E-state index is -0.628. The second kappa shape index (κ2) is 8.79. The molecule has 0 aliphatic carbocycles. The summed E-state index contributed by atoms with van der Waals surface area (Å²) >= 11 is 1.21. The molecule has 1 fully saturated rings. The van der Waals surface area contributed by atoms with Crippen LogP contribution in [-0.2, 0) is 16.1 Å². The lowest BCUT2D eigenvalue weighted by Gasteiger charge is -2.31. The number of aliphatic imine (C=N–C) groups is 1. The van der Waals surface area contributed by atoms with Crippen molar-refractivity contribution >= 4 is 34.4 Å². The van der Waals surface area contributed by atoms with E-state index >= 15 is 0 Å². The molecule has 3 rings (SSSR count). The zero-order valence-electron chi connectivity index (χ0n) is 15.6. The first-order valence-electron chi connectivity index (χ1n) is 8.62. The Balaban J connectivity index is 1.89. The van der Waals surface area contributed by atoms with Gasteiger partial charge >= 0.3 is 0 Å². The fourth-order valence-corrected chi connectivity index (χ4v) is 3.74. The van der Waals surface area contributed by atoms with Gasteiger partial charge in [0.2, 0.25) is 11.8 Å². The summed E-state index contributed by atoms with van der Waals surface area (Å²) < 4.78 is 10.3. The van der Waals surface area contributed by atoms with Crippen molar-refractivity contribution in [2.24, 2.45) is 10.7 Å². The van der Waals surface area contributed by atoms with Crippen molar-refractivity contribution in [2.45, 2.75) is 18.2 Å². The predicted molar refractivity (Wildman–Crippen MR) is 109 cm³/mol. The Kier molecular flexibility index (Phi) is 6.20. The lowest BCUT2D eigenvalue weighted by molar-refractivity contribution is -0.130. The van der Waals surface area contributed by atoms with E-state index in [1.165, 1.54) is 11.8 Å². The number of nitrogens with two attached hydrogens (primary N) is 1. The van der Waals surface area contributed by atoms with Crippen molar-refractivity contribution in [1.29, 1.82) is 0 Å². The van der Waals surface area contributed by atoms with Crippen LogP contribution < -0.4 is 15.2 Å². The first kappa shape index (κ1) is 19.8. The number of rotatable bonds is 6. The van der Waals surface area contributed by atoms with E-state index in [0.29, 0.717) is 23.1 Å². The van der Waals surface area contributed by atoms with Crippen molar-refractivity contribution in [1.82, 2.24) is 4.90 Å². The van der Waals surface area contributed by atoms with Crippen LogP contribution in [0.1, 0.15) is 12.0 Å². The maximum atomic E-state index is 12.7. The molecule has 1 saturated heterocycles. The molecule has 1 aliphatic heterocycles. The van der Waals surface area contributed by atoms with Gasteiger partial charge < -0.3 is 15.2 Å². The minimum Gasteiger partial charge on any atom is -0.497 e. The maximum Gasteiger partial charge on any atom is 0.231 e. The third-order valence-corrected chi connectivity index (χ3v) is 5.46. The Labute approximate surface area is 167 Å². The predicted octanol–water partition coefficient (Wildman–Crippen LogP) is 2.71. The average molecular weight is 399 g/mol. The third kappa shape index (κ3) is 4.64. The van der Waals surface area contributed by atoms with Crippen molar-refractivity contribution in [2.75, 3.05) is 14.2 Å². The summed E-state index contributed by atoms with van der Waals surface area (Å²) in [5.41, 5.74) is 7.02. The SMILES string of the molecule is COc1ccc(CN2C(=O)CC(C(N)=O)SC2=Nc2ccc(OC)cc2)cc1. The minimum absolute atomic E-state index is 0.0534. The van der Waals surface area contributed by atoms with Gasteiger partial charge in [0.1, 0.15) is 11.5 Å². The molecule has 2 aromatic rings. The first-order valence-corrected chi connectivity index (χ1v) is 9.50. The van der Waals surface area contributed by atoms with Gasteiger partial charge in [-0.2, -0.15) is 0 Å². The number of benzene rings is 2. The van der Waals surface area contributed by atoms with Crippen LogP contribution in [0.25, 0.3) is 0 Å². The van der Waals surface area contributed by atoms with Crippen molar-refractivity contribution in [3.05, 3.63) is 54.1 Å². The Morgan fingerprint density at radius 2 is 1.68 bits per heavy atom. The number of carbonyl (C=O) groups excluding carboxylic acids is 2. The fraction of sp³-hybridized carbons (Fsp3) is 0.250. The highest BCUT2D eigenvalue weighted by Crippen LogP contribution is 2.30. The molecule has 1 heterocycles. The Bertz CT molecular complexity index is 881. The van der Waals surface area contributed by atoms with Crippen molar-refractivity contribution in [3.8, 4) is 11.5 Å². The lowest BCUT2D eigenvalue weighted by atomic mass is 10.2.